The van der Waals surface area contributed by atoms with E-state index in [1.807, 2.05) is 30.3 Å². The zero-order valence-electron chi connectivity index (χ0n) is 27.2. The minimum Gasteiger partial charge on any atom is -0.355 e. The van der Waals surface area contributed by atoms with Crippen LogP contribution in [-0.2, 0) is 5.41 Å². The number of nitrogens with one attached hydrogen (secondary N) is 2. The molecule has 2 unspecified atom stereocenters. The maximum Gasteiger partial charge on any atom is 0.0715 e. The Kier molecular flexibility index (Phi) is 7.46. The minimum atomic E-state index is -0.113. The van der Waals surface area contributed by atoms with E-state index in [9.17, 15) is 0 Å². The van der Waals surface area contributed by atoms with Crippen molar-refractivity contribution in [2.45, 2.75) is 25.2 Å². The maximum absolute atomic E-state index is 8.44. The Morgan fingerprint density at radius 2 is 1.23 bits per heavy atom. The fourth-order valence-electron chi connectivity index (χ4n) is 7.65. The number of hydrogen-bond donors (Lipinski definition) is 2. The van der Waals surface area contributed by atoms with Gasteiger partial charge in [0.15, 0.2) is 0 Å². The van der Waals surface area contributed by atoms with Crippen molar-refractivity contribution in [3.63, 3.8) is 0 Å². The molecule has 0 amide bonds. The van der Waals surface area contributed by atoms with E-state index in [0.717, 1.165) is 50.6 Å². The number of benzene rings is 5. The molecule has 2 N–H and O–H groups in total. The quantitative estimate of drug-likeness (QED) is 0.175. The van der Waals surface area contributed by atoms with Gasteiger partial charge in [-0.15, -0.1) is 0 Å². The number of para-hydroxylation sites is 1. The Balaban J connectivity index is 1.13. The first kappa shape index (κ1) is 29.6. The lowest BCUT2D eigenvalue weighted by molar-refractivity contribution is 0.395. The predicted molar refractivity (Wildman–Crippen MR) is 201 cm³/mol. The summed E-state index contributed by atoms with van der Waals surface area (Å²) in [6, 6.07) is 48.8. The van der Waals surface area contributed by atoms with Crippen LogP contribution in [0.1, 0.15) is 42.0 Å². The summed E-state index contributed by atoms with van der Waals surface area (Å²) in [5, 5.41) is 12.0. The Morgan fingerprint density at radius 1 is 0.646 bits per heavy atom. The summed E-state index contributed by atoms with van der Waals surface area (Å²) in [5.41, 5.74) is 14.4. The van der Waals surface area contributed by atoms with Gasteiger partial charge >= 0.3 is 0 Å². The lowest BCUT2D eigenvalue weighted by Gasteiger charge is -2.31. The average Bonchev–Trinajstić information content (AvgIpc) is 3.38. The largest absolute Gasteiger partial charge is 0.355 e. The lowest BCUT2D eigenvalue weighted by atomic mass is 9.72. The van der Waals surface area contributed by atoms with Crippen molar-refractivity contribution in [2.75, 3.05) is 5.32 Å². The van der Waals surface area contributed by atoms with Crippen LogP contribution in [0.15, 0.2) is 158 Å². The number of pyridine rings is 1. The van der Waals surface area contributed by atoms with Gasteiger partial charge in [0.2, 0.25) is 0 Å². The SMILES string of the molecule is CC1(C)c2c(ccc(Nc3ccccc3)c2C=N)C2C=C(c3ccc(-c4cc(-c5ccccc5)nc(-c5ccccc5)c4)cc3)C=CC21. The normalized spacial score (nSPS) is 17.2. The molecule has 6 aromatic rings. The van der Waals surface area contributed by atoms with E-state index in [4.69, 9.17) is 10.4 Å². The summed E-state index contributed by atoms with van der Waals surface area (Å²) in [7, 11) is 0. The van der Waals surface area contributed by atoms with Crippen LogP contribution in [0.2, 0.25) is 0 Å². The fraction of sp³-hybridized carbons (Fsp3) is 0.111. The van der Waals surface area contributed by atoms with Crippen LogP contribution in [0.5, 0.6) is 0 Å². The van der Waals surface area contributed by atoms with E-state index in [-0.39, 0.29) is 11.3 Å². The smallest absolute Gasteiger partial charge is 0.0715 e. The Labute approximate surface area is 282 Å². The number of fused-ring (bicyclic) bond motifs is 3. The molecule has 3 nitrogen and oxygen atoms in total. The van der Waals surface area contributed by atoms with Crippen LogP contribution in [0, 0.1) is 11.3 Å². The molecule has 3 heteroatoms. The summed E-state index contributed by atoms with van der Waals surface area (Å²) >= 11 is 0. The third-order valence-corrected chi connectivity index (χ3v) is 10.1. The highest BCUT2D eigenvalue weighted by Crippen LogP contribution is 2.56. The number of rotatable bonds is 7. The maximum atomic E-state index is 8.44. The van der Waals surface area contributed by atoms with Gasteiger partial charge in [0.25, 0.3) is 0 Å². The first-order valence-corrected chi connectivity index (χ1v) is 16.6. The first-order valence-electron chi connectivity index (χ1n) is 16.6. The highest BCUT2D eigenvalue weighted by Gasteiger charge is 2.46. The third-order valence-electron chi connectivity index (χ3n) is 10.1. The van der Waals surface area contributed by atoms with Gasteiger partial charge in [-0.1, -0.05) is 141 Å². The molecule has 48 heavy (non-hydrogen) atoms. The average molecular weight is 620 g/mol. The predicted octanol–water partition coefficient (Wildman–Crippen LogP) is 11.5. The van der Waals surface area contributed by atoms with Crippen molar-refractivity contribution in [1.29, 1.82) is 5.41 Å². The molecule has 5 aromatic carbocycles. The zero-order chi connectivity index (χ0) is 32.7. The summed E-state index contributed by atoms with van der Waals surface area (Å²) in [6.45, 7) is 4.66. The highest BCUT2D eigenvalue weighted by molar-refractivity contribution is 5.92. The molecule has 232 valence electrons. The number of anilines is 2. The Morgan fingerprint density at radius 3 is 1.83 bits per heavy atom. The van der Waals surface area contributed by atoms with Gasteiger partial charge < -0.3 is 10.7 Å². The summed E-state index contributed by atoms with van der Waals surface area (Å²) < 4.78 is 0. The number of nitrogens with zero attached hydrogens (tertiary/aromatic N) is 1. The minimum absolute atomic E-state index is 0.113. The number of hydrogen-bond acceptors (Lipinski definition) is 3. The second-order valence-electron chi connectivity index (χ2n) is 13.3. The number of allylic oxidation sites excluding steroid dienone is 4. The van der Waals surface area contributed by atoms with Crippen LogP contribution in [0.4, 0.5) is 11.4 Å². The van der Waals surface area contributed by atoms with E-state index in [1.54, 1.807) is 0 Å². The summed E-state index contributed by atoms with van der Waals surface area (Å²) in [5.74, 6) is 0.576. The molecule has 8 rings (SSSR count). The molecule has 2 aliphatic rings. The van der Waals surface area contributed by atoms with Gasteiger partial charge in [0.1, 0.15) is 0 Å². The molecule has 2 aliphatic carbocycles. The molecule has 2 atom stereocenters. The molecule has 0 saturated carbocycles. The Hall–Kier alpha value is -5.80. The molecule has 0 radical (unpaired) electrons. The topological polar surface area (TPSA) is 48.8 Å². The van der Waals surface area contributed by atoms with E-state index in [0.29, 0.717) is 5.92 Å². The van der Waals surface area contributed by atoms with Crippen LogP contribution in [0.3, 0.4) is 0 Å². The third kappa shape index (κ3) is 5.28. The van der Waals surface area contributed by atoms with Crippen LogP contribution >= 0.6 is 0 Å². The summed E-state index contributed by atoms with van der Waals surface area (Å²) in [4.78, 5) is 5.05. The van der Waals surface area contributed by atoms with Crippen molar-refractivity contribution in [3.8, 4) is 33.6 Å². The van der Waals surface area contributed by atoms with Gasteiger partial charge in [-0.25, -0.2) is 4.98 Å². The lowest BCUT2D eigenvalue weighted by Crippen LogP contribution is -2.26. The van der Waals surface area contributed by atoms with Crippen molar-refractivity contribution >= 4 is 23.2 Å². The van der Waals surface area contributed by atoms with Gasteiger partial charge in [-0.05, 0) is 75.1 Å². The monoisotopic (exact) mass is 619 g/mol. The molecule has 0 aliphatic heterocycles. The molecule has 0 spiro atoms. The highest BCUT2D eigenvalue weighted by atomic mass is 14.9. The standard InChI is InChI=1S/C45H37N3/c1-45(2)40-24-22-34(26-38(40)37-23-25-41(39(29-46)44(37)45)47-36-16-10-5-11-17-36)30-18-20-31(21-19-30)35-27-42(32-12-6-3-7-13-32)48-43(28-35)33-14-8-4-9-15-33/h3-29,38,40,46-47H,1-2H3. The summed E-state index contributed by atoms with van der Waals surface area (Å²) in [6.07, 6.45) is 8.66. The zero-order valence-corrected chi connectivity index (χ0v) is 27.2. The van der Waals surface area contributed by atoms with E-state index in [2.05, 4.69) is 147 Å². The van der Waals surface area contributed by atoms with Gasteiger partial charge in [0, 0.05) is 40.2 Å². The second-order valence-corrected chi connectivity index (χ2v) is 13.3. The van der Waals surface area contributed by atoms with E-state index < -0.39 is 0 Å². The second kappa shape index (κ2) is 12.1. The number of aromatic nitrogens is 1. The fourth-order valence-corrected chi connectivity index (χ4v) is 7.65. The van der Waals surface area contributed by atoms with Gasteiger partial charge in [0.05, 0.1) is 11.4 Å². The van der Waals surface area contributed by atoms with E-state index in [1.165, 1.54) is 28.5 Å². The molecular weight excluding hydrogens is 583 g/mol. The molecule has 1 heterocycles. The van der Waals surface area contributed by atoms with Gasteiger partial charge in [-0.3, -0.25) is 0 Å². The first-order chi connectivity index (χ1) is 23.5. The van der Waals surface area contributed by atoms with E-state index >= 15 is 0 Å². The van der Waals surface area contributed by atoms with Gasteiger partial charge in [-0.2, -0.15) is 0 Å². The molecule has 0 bridgehead atoms. The van der Waals surface area contributed by atoms with Crippen molar-refractivity contribution in [2.24, 2.45) is 5.92 Å². The molecule has 0 saturated heterocycles. The van der Waals surface area contributed by atoms with Crippen LogP contribution < -0.4 is 5.32 Å². The van der Waals surface area contributed by atoms with Crippen LogP contribution in [-0.4, -0.2) is 11.2 Å². The van der Waals surface area contributed by atoms with Crippen molar-refractivity contribution in [3.05, 3.63) is 180 Å². The van der Waals surface area contributed by atoms with Crippen molar-refractivity contribution in [1.82, 2.24) is 4.98 Å². The van der Waals surface area contributed by atoms with Crippen molar-refractivity contribution < 1.29 is 0 Å². The molecule has 0 fully saturated rings. The molecule has 1 aromatic heterocycles. The molecular formula is C45H37N3. The Bertz CT molecular complexity index is 2120. The van der Waals surface area contributed by atoms with Crippen LogP contribution in [0.25, 0.3) is 39.2 Å².